The fourth-order valence-corrected chi connectivity index (χ4v) is 4.93. The van der Waals surface area contributed by atoms with Crippen LogP contribution in [-0.4, -0.2) is 41.9 Å². The van der Waals surface area contributed by atoms with E-state index in [2.05, 4.69) is 36.6 Å². The molecule has 2 aromatic carbocycles. The van der Waals surface area contributed by atoms with Crippen LogP contribution in [0, 0.1) is 0 Å². The Balaban J connectivity index is 0.00000155. The molecule has 1 amide bonds. The summed E-state index contributed by atoms with van der Waals surface area (Å²) < 4.78 is 5.20. The van der Waals surface area contributed by atoms with Gasteiger partial charge in [-0.2, -0.15) is 0 Å². The van der Waals surface area contributed by atoms with Crippen LogP contribution in [0.5, 0.6) is 0 Å². The van der Waals surface area contributed by atoms with Gasteiger partial charge in [-0.25, -0.2) is 9.98 Å². The third-order valence-electron chi connectivity index (χ3n) is 6.97. The van der Waals surface area contributed by atoms with Gasteiger partial charge in [0.05, 0.1) is 25.9 Å². The minimum absolute atomic E-state index is 0.122. The van der Waals surface area contributed by atoms with E-state index >= 15 is 0 Å². The van der Waals surface area contributed by atoms with Crippen molar-refractivity contribution in [3.63, 3.8) is 0 Å². The zero-order valence-corrected chi connectivity index (χ0v) is 27.0. The van der Waals surface area contributed by atoms with Crippen LogP contribution in [-0.2, 0) is 22.6 Å². The second kappa shape index (κ2) is 17.4. The minimum Gasteiger partial charge on any atom is -0.484 e. The topological polar surface area (TPSA) is 92.3 Å². The van der Waals surface area contributed by atoms with Crippen LogP contribution >= 0.6 is 11.6 Å². The number of nitrogens with two attached hydrogens (primary N) is 1. The molecule has 2 aromatic rings. The molecule has 1 fully saturated rings. The zero-order valence-electron chi connectivity index (χ0n) is 26.2. The predicted octanol–water partition coefficient (Wildman–Crippen LogP) is 7.40. The molecule has 2 aliphatic rings. The molecule has 0 aromatic heterocycles. The maximum Gasteiger partial charge on any atom is 0.260 e. The van der Waals surface area contributed by atoms with E-state index in [1.54, 1.807) is 12.0 Å². The molecule has 0 spiro atoms. The molecule has 7 nitrogen and oxygen atoms in total. The summed E-state index contributed by atoms with van der Waals surface area (Å²) in [5.41, 5.74) is 10.9. The van der Waals surface area contributed by atoms with Crippen molar-refractivity contribution >= 4 is 34.8 Å². The molecule has 43 heavy (non-hydrogen) atoms. The van der Waals surface area contributed by atoms with Crippen molar-refractivity contribution in [1.29, 1.82) is 0 Å². The van der Waals surface area contributed by atoms with Crippen LogP contribution in [0.25, 0.3) is 5.57 Å². The third kappa shape index (κ3) is 9.61. The highest BCUT2D eigenvalue weighted by atomic mass is 35.5. The van der Waals surface area contributed by atoms with Crippen molar-refractivity contribution in [3.8, 4) is 0 Å². The molecule has 1 aliphatic heterocycles. The van der Waals surface area contributed by atoms with Crippen LogP contribution < -0.4 is 11.1 Å². The van der Waals surface area contributed by atoms with Crippen LogP contribution in [0.15, 0.2) is 96.5 Å². The van der Waals surface area contributed by atoms with E-state index in [4.69, 9.17) is 27.1 Å². The Kier molecular flexibility index (Phi) is 14.3. The number of aliphatic imine (C=N–C) groups is 2. The van der Waals surface area contributed by atoms with Crippen LogP contribution in [0.3, 0.4) is 0 Å². The Morgan fingerprint density at radius 3 is 2.42 bits per heavy atom. The van der Waals surface area contributed by atoms with Gasteiger partial charge in [0, 0.05) is 41.2 Å². The first kappa shape index (κ1) is 35.4. The van der Waals surface area contributed by atoms with E-state index in [1.807, 2.05) is 82.3 Å². The summed E-state index contributed by atoms with van der Waals surface area (Å²) in [7, 11) is 1.60. The Hall–Kier alpha value is -3.78. The van der Waals surface area contributed by atoms with Crippen molar-refractivity contribution in [2.75, 3.05) is 7.11 Å². The average molecular weight is 604 g/mol. The summed E-state index contributed by atoms with van der Waals surface area (Å²) in [5.74, 6) is 1.10. The smallest absolute Gasteiger partial charge is 0.260 e. The number of halogens is 1. The number of hydrogen-bond acceptors (Lipinski definition) is 6. The standard InChI is InChI=1S/C31H38ClN5O2.2C2H4/c1-6-24-15-28(27-13-10-25(16-29(27)32)19(2)34-21(4)39-5)31(38)37(18-23-9-7-8-22(14-23)17-33)30(24)36-20(3)35-26-11-12-26;2*1-2/h6-10,13-16,19-20,26,35H,11-12,17-18,33H2,1-5H3;2*1-2H2/b24-6-,34-21?,36-30+;;. The molecule has 1 heterocycles. The number of hydrogen-bond donors (Lipinski definition) is 2. The molecule has 1 saturated carbocycles. The largest absolute Gasteiger partial charge is 0.484 e. The Labute approximate surface area is 262 Å². The van der Waals surface area contributed by atoms with Crippen LogP contribution in [0.4, 0.5) is 0 Å². The number of carbonyl (C=O) groups is 1. The first-order valence-electron chi connectivity index (χ1n) is 14.4. The Morgan fingerprint density at radius 1 is 1.16 bits per heavy atom. The van der Waals surface area contributed by atoms with Gasteiger partial charge in [-0.15, -0.1) is 26.3 Å². The number of nitrogens with zero attached hydrogens (tertiary/aromatic N) is 3. The van der Waals surface area contributed by atoms with Crippen LogP contribution in [0.1, 0.15) is 68.8 Å². The lowest BCUT2D eigenvalue weighted by Gasteiger charge is -2.32. The third-order valence-corrected chi connectivity index (χ3v) is 7.29. The number of nitrogens with one attached hydrogen (secondary N) is 1. The fraction of sp³-hybridized carbons (Fsp3) is 0.343. The van der Waals surface area contributed by atoms with Gasteiger partial charge in [0.2, 0.25) is 0 Å². The highest BCUT2D eigenvalue weighted by Gasteiger charge is 2.33. The van der Waals surface area contributed by atoms with Crippen molar-refractivity contribution in [2.24, 2.45) is 15.7 Å². The van der Waals surface area contributed by atoms with E-state index < -0.39 is 0 Å². The van der Waals surface area contributed by atoms with Crippen molar-refractivity contribution in [1.82, 2.24) is 10.2 Å². The number of allylic oxidation sites excluding steroid dienone is 1. The van der Waals surface area contributed by atoms with Gasteiger partial charge in [0.1, 0.15) is 5.84 Å². The molecular weight excluding hydrogens is 558 g/mol. The first-order chi connectivity index (χ1) is 20.7. The quantitative estimate of drug-likeness (QED) is 0.177. The summed E-state index contributed by atoms with van der Waals surface area (Å²) >= 11 is 6.80. The monoisotopic (exact) mass is 603 g/mol. The Morgan fingerprint density at radius 2 is 1.84 bits per heavy atom. The fourth-order valence-electron chi connectivity index (χ4n) is 4.63. The van der Waals surface area contributed by atoms with Crippen LogP contribution in [0.2, 0.25) is 5.02 Å². The second-order valence-corrected chi connectivity index (χ2v) is 10.5. The maximum atomic E-state index is 14.1. The molecule has 0 saturated heterocycles. The van der Waals surface area contributed by atoms with Crippen molar-refractivity contribution in [2.45, 2.75) is 71.9 Å². The van der Waals surface area contributed by atoms with Gasteiger partial charge in [-0.05, 0) is 62.4 Å². The molecule has 8 heteroatoms. The van der Waals surface area contributed by atoms with Gasteiger partial charge < -0.3 is 10.5 Å². The number of methoxy groups -OCH3 is 1. The molecule has 4 rings (SSSR count). The van der Waals surface area contributed by atoms with E-state index in [9.17, 15) is 4.79 Å². The van der Waals surface area contributed by atoms with Gasteiger partial charge in [-0.3, -0.25) is 15.0 Å². The zero-order chi connectivity index (χ0) is 32.1. The van der Waals surface area contributed by atoms with Gasteiger partial charge in [0.25, 0.3) is 5.91 Å². The van der Waals surface area contributed by atoms with E-state index in [0.717, 1.165) is 35.1 Å². The lowest BCUT2D eigenvalue weighted by Crippen LogP contribution is -2.42. The number of carbonyl (C=O) groups excluding carboxylic acids is 1. The maximum absolute atomic E-state index is 14.1. The molecular formula is C35H46ClN5O2. The second-order valence-electron chi connectivity index (χ2n) is 10.1. The van der Waals surface area contributed by atoms with E-state index in [0.29, 0.717) is 47.0 Å². The highest BCUT2D eigenvalue weighted by molar-refractivity contribution is 6.37. The molecule has 2 unspecified atom stereocenters. The van der Waals surface area contributed by atoms with Gasteiger partial charge in [-0.1, -0.05) is 54.1 Å². The lowest BCUT2D eigenvalue weighted by molar-refractivity contribution is -0.122. The molecule has 0 radical (unpaired) electrons. The summed E-state index contributed by atoms with van der Waals surface area (Å²) in [5, 5.41) is 4.01. The number of ether oxygens (including phenoxy) is 1. The molecule has 3 N–H and O–H groups in total. The van der Waals surface area contributed by atoms with E-state index in [-0.39, 0.29) is 18.1 Å². The minimum atomic E-state index is -0.146. The number of benzene rings is 2. The van der Waals surface area contributed by atoms with Gasteiger partial charge in [0.15, 0.2) is 5.90 Å². The average Bonchev–Trinajstić information content (AvgIpc) is 3.85. The predicted molar refractivity (Wildman–Crippen MR) is 182 cm³/mol. The Bertz CT molecular complexity index is 1370. The number of rotatable bonds is 9. The summed E-state index contributed by atoms with van der Waals surface area (Å²) in [4.78, 5) is 25.4. The van der Waals surface area contributed by atoms with Crippen molar-refractivity contribution < 1.29 is 9.53 Å². The number of amides is 1. The summed E-state index contributed by atoms with van der Waals surface area (Å²) in [6.07, 6.45) is 6.09. The van der Waals surface area contributed by atoms with Gasteiger partial charge >= 0.3 is 0 Å². The molecule has 1 aliphatic carbocycles. The lowest BCUT2D eigenvalue weighted by atomic mass is 9.94. The summed E-state index contributed by atoms with van der Waals surface area (Å²) in [6, 6.07) is 14.1. The van der Waals surface area contributed by atoms with E-state index in [1.165, 1.54) is 0 Å². The first-order valence-corrected chi connectivity index (χ1v) is 14.8. The van der Waals surface area contributed by atoms with Crippen molar-refractivity contribution in [3.05, 3.63) is 114 Å². The molecule has 0 bridgehead atoms. The SMILES string of the molecule is C/C=C1/C=C(c2ccc(C(C)N=C(C)OC)cc2Cl)C(=O)N(Cc2cccc(CN)c2)/C1=N/C(C)NC1CC1.C=C.C=C. The summed E-state index contributed by atoms with van der Waals surface area (Å²) in [6.45, 7) is 20.6. The molecule has 230 valence electrons. The highest BCUT2D eigenvalue weighted by Crippen LogP contribution is 2.34. The number of amidine groups is 1. The molecule has 2 atom stereocenters. The normalized spacial score (nSPS) is 18.2.